The van der Waals surface area contributed by atoms with E-state index in [-0.39, 0.29) is 29.8 Å². The Balaban J connectivity index is 1.23. The highest BCUT2D eigenvalue weighted by Crippen LogP contribution is 2.33. The molecule has 4 aromatic rings. The molecule has 0 radical (unpaired) electrons. The molecule has 1 aliphatic rings. The molecule has 4 atom stereocenters. The van der Waals surface area contributed by atoms with E-state index in [0.29, 0.717) is 12.4 Å². The largest absolute Gasteiger partial charge is 0.453 e. The molecule has 3 heterocycles. The van der Waals surface area contributed by atoms with Crippen LogP contribution in [-0.2, 0) is 24.1 Å². The summed E-state index contributed by atoms with van der Waals surface area (Å²) in [6.45, 7) is 7.95. The van der Waals surface area contributed by atoms with Gasteiger partial charge in [-0.1, -0.05) is 62.4 Å². The lowest BCUT2D eigenvalue weighted by molar-refractivity contribution is -0.188. The number of nitrogens with zero attached hydrogens (tertiary/aromatic N) is 4. The van der Waals surface area contributed by atoms with Crippen LogP contribution in [-0.4, -0.2) is 82.0 Å². The van der Waals surface area contributed by atoms with E-state index in [4.69, 9.17) is 0 Å². The molecule has 0 bridgehead atoms. The summed E-state index contributed by atoms with van der Waals surface area (Å²) in [5.41, 5.74) is 5.75. The Morgan fingerprint density at radius 3 is 2.08 bits per heavy atom. The van der Waals surface area contributed by atoms with Gasteiger partial charge < -0.3 is 35.1 Å². The Hall–Kier alpha value is -5.50. The Bertz CT molecular complexity index is 1780. The molecule has 1 saturated heterocycles. The van der Waals surface area contributed by atoms with Gasteiger partial charge in [0, 0.05) is 6.54 Å². The third-order valence-electron chi connectivity index (χ3n) is 8.72. The van der Waals surface area contributed by atoms with E-state index in [1.54, 1.807) is 20.0 Å². The summed E-state index contributed by atoms with van der Waals surface area (Å²) >= 11 is 0. The molecular formula is C36H44N8O6. The van der Waals surface area contributed by atoms with Gasteiger partial charge >= 0.3 is 6.09 Å². The molecule has 0 aliphatic carbocycles. The number of carbonyl (C=O) groups is 3. The number of nitrogens with one attached hydrogen (secondary N) is 4. The van der Waals surface area contributed by atoms with Crippen molar-refractivity contribution in [3.8, 4) is 33.6 Å². The Labute approximate surface area is 291 Å². The summed E-state index contributed by atoms with van der Waals surface area (Å²) < 4.78 is 4.59. The van der Waals surface area contributed by atoms with E-state index < -0.39 is 18.2 Å². The van der Waals surface area contributed by atoms with Gasteiger partial charge in [-0.15, -0.1) is 0 Å². The van der Waals surface area contributed by atoms with Gasteiger partial charge in [-0.05, 0) is 54.9 Å². The maximum Gasteiger partial charge on any atom is 0.407 e. The van der Waals surface area contributed by atoms with Gasteiger partial charge in [0.05, 0.1) is 50.1 Å². The maximum atomic E-state index is 13.1. The molecule has 50 heavy (non-hydrogen) atoms. The lowest BCUT2D eigenvalue weighted by atomic mass is 10.0. The topological polar surface area (TPSA) is 176 Å². The average Bonchev–Trinajstić information content (AvgIpc) is 3.92. The zero-order valence-corrected chi connectivity index (χ0v) is 29.1. The first kappa shape index (κ1) is 35.8. The lowest BCUT2D eigenvalue weighted by Gasteiger charge is -2.24. The van der Waals surface area contributed by atoms with E-state index in [2.05, 4.69) is 74.3 Å². The number of H-pyrrole nitrogens is 2. The molecule has 1 aliphatic heterocycles. The first-order valence-corrected chi connectivity index (χ1v) is 16.6. The predicted octanol–water partition coefficient (Wildman–Crippen LogP) is 5.35. The van der Waals surface area contributed by atoms with Crippen molar-refractivity contribution in [1.29, 1.82) is 0 Å². The number of aliphatic imine (C=N–C) groups is 1. The number of aromatic nitrogens is 4. The van der Waals surface area contributed by atoms with Crippen molar-refractivity contribution in [2.45, 2.75) is 64.7 Å². The number of alkyl carbamates (subject to hydrolysis) is 1. The highest BCUT2D eigenvalue weighted by Gasteiger charge is 2.34. The van der Waals surface area contributed by atoms with Gasteiger partial charge in [0.2, 0.25) is 18.2 Å². The van der Waals surface area contributed by atoms with Crippen LogP contribution in [0.4, 0.5) is 4.79 Å². The van der Waals surface area contributed by atoms with Crippen LogP contribution >= 0.6 is 0 Å². The summed E-state index contributed by atoms with van der Waals surface area (Å²) in [7, 11) is 2.63. The van der Waals surface area contributed by atoms with Crippen molar-refractivity contribution in [3.05, 3.63) is 72.6 Å². The number of ether oxygens (including phenoxy) is 1. The molecule has 1 fully saturated rings. The van der Waals surface area contributed by atoms with Crippen molar-refractivity contribution in [2.24, 2.45) is 10.9 Å². The maximum absolute atomic E-state index is 13.1. The van der Waals surface area contributed by atoms with Crippen LogP contribution < -0.4 is 10.6 Å². The minimum atomic E-state index is -0.769. The van der Waals surface area contributed by atoms with E-state index in [9.17, 15) is 14.4 Å². The van der Waals surface area contributed by atoms with Crippen LogP contribution in [0.3, 0.4) is 0 Å². The van der Waals surface area contributed by atoms with Crippen LogP contribution in [0.2, 0.25) is 0 Å². The smallest absolute Gasteiger partial charge is 0.407 e. The lowest BCUT2D eigenvalue weighted by Crippen LogP contribution is -2.46. The molecule has 3 amide bonds. The fraction of sp³-hybridized carbons (Fsp3) is 0.389. The van der Waals surface area contributed by atoms with Crippen LogP contribution in [0.25, 0.3) is 33.6 Å². The highest BCUT2D eigenvalue weighted by molar-refractivity contribution is 5.85. The van der Waals surface area contributed by atoms with E-state index in [1.807, 2.05) is 49.2 Å². The fourth-order valence-electron chi connectivity index (χ4n) is 5.89. The summed E-state index contributed by atoms with van der Waals surface area (Å²) in [6.07, 6.45) is 5.74. The number of methoxy groups -OCH3 is 1. The number of benzene rings is 2. The minimum Gasteiger partial charge on any atom is -0.453 e. The van der Waals surface area contributed by atoms with E-state index in [1.165, 1.54) is 14.2 Å². The first-order valence-electron chi connectivity index (χ1n) is 16.6. The monoisotopic (exact) mass is 684 g/mol. The molecule has 14 nitrogen and oxygen atoms in total. The van der Waals surface area contributed by atoms with Crippen molar-refractivity contribution in [2.75, 3.05) is 20.8 Å². The number of imidazole rings is 2. The summed E-state index contributed by atoms with van der Waals surface area (Å²) in [5, 5.41) is 5.45. The molecule has 2 aromatic heterocycles. The Morgan fingerprint density at radius 1 is 0.880 bits per heavy atom. The van der Waals surface area contributed by atoms with Crippen LogP contribution in [0, 0.1) is 5.92 Å². The molecule has 4 N–H and O–H groups in total. The van der Waals surface area contributed by atoms with Crippen LogP contribution in [0.5, 0.6) is 0 Å². The summed E-state index contributed by atoms with van der Waals surface area (Å²) in [4.78, 5) is 68.4. The van der Waals surface area contributed by atoms with Gasteiger partial charge in [0.1, 0.15) is 23.7 Å². The van der Waals surface area contributed by atoms with E-state index >= 15 is 0 Å². The quantitative estimate of drug-likeness (QED) is 0.0631. The van der Waals surface area contributed by atoms with E-state index in [0.717, 1.165) is 58.7 Å². The molecule has 5 rings (SSSR count). The first-order chi connectivity index (χ1) is 24.1. The third-order valence-corrected chi connectivity index (χ3v) is 8.72. The standard InChI is InChI=1S/C36H44N8O6/c1-21(2)31(43-34(45)22(3)40-36(47)48-5)33-38-19-29(42-33)27-15-11-25(12-16-27)24-9-13-26(14-10-24)28-18-37-32(41-28)30-8-7-17-44(30)35(46)23(4)39-20-50-49-6/h9-16,18-23,30-31H,7-8,17H2,1-6H3,(H,37,41)(H,38,42)(H,40,47)(H,43,45)/t22-,23-,30-,31-/m0/s1. The Kier molecular flexibility index (Phi) is 11.6. The minimum absolute atomic E-state index is 0.0416. The number of carbonyl (C=O) groups excluding carboxylic acids is 3. The zero-order valence-electron chi connectivity index (χ0n) is 29.1. The van der Waals surface area contributed by atoms with Gasteiger partial charge in [-0.25, -0.2) is 19.8 Å². The Morgan fingerprint density at radius 2 is 1.48 bits per heavy atom. The molecule has 2 aromatic carbocycles. The normalized spacial score (nSPS) is 16.3. The summed E-state index contributed by atoms with van der Waals surface area (Å²) in [6, 6.07) is 14.5. The van der Waals surface area contributed by atoms with Crippen molar-refractivity contribution in [1.82, 2.24) is 35.5 Å². The molecular weight excluding hydrogens is 640 g/mol. The second-order valence-corrected chi connectivity index (χ2v) is 12.5. The molecule has 0 spiro atoms. The second-order valence-electron chi connectivity index (χ2n) is 12.5. The SMILES string of the molecule is COOC=N[C@@H](C)C(=O)N1CCC[C@H]1c1ncc(-c2ccc(-c3ccc(-c4cnc([C@@H](NC(=O)[C@H](C)NC(=O)OC)C(C)C)[nH]4)cc3)cc2)[nH]1. The third kappa shape index (κ3) is 8.37. The van der Waals surface area contributed by atoms with Crippen molar-refractivity contribution < 1.29 is 28.9 Å². The molecule has 0 saturated carbocycles. The predicted molar refractivity (Wildman–Crippen MR) is 188 cm³/mol. The number of rotatable bonds is 13. The van der Waals surface area contributed by atoms with Crippen LogP contribution in [0.15, 0.2) is 65.9 Å². The van der Waals surface area contributed by atoms with Gasteiger partial charge in [-0.2, -0.15) is 4.89 Å². The molecule has 14 heteroatoms. The average molecular weight is 685 g/mol. The summed E-state index contributed by atoms with van der Waals surface area (Å²) in [5.74, 6) is 0.992. The van der Waals surface area contributed by atoms with Crippen molar-refractivity contribution >= 4 is 24.3 Å². The second kappa shape index (κ2) is 16.3. The number of likely N-dealkylation sites (tertiary alicyclic amines) is 1. The number of hydrogen-bond donors (Lipinski definition) is 4. The number of hydrogen-bond acceptors (Lipinski definition) is 9. The van der Waals surface area contributed by atoms with Crippen LogP contribution in [0.1, 0.15) is 64.3 Å². The number of aromatic amines is 2. The molecule has 264 valence electrons. The van der Waals surface area contributed by atoms with Crippen molar-refractivity contribution in [3.63, 3.8) is 0 Å². The highest BCUT2D eigenvalue weighted by atomic mass is 17.2. The molecule has 0 unspecified atom stereocenters. The number of amides is 3. The van der Waals surface area contributed by atoms with Gasteiger partial charge in [0.15, 0.2) is 0 Å². The zero-order chi connectivity index (χ0) is 35.8. The fourth-order valence-corrected chi connectivity index (χ4v) is 5.89. The van der Waals surface area contributed by atoms with Gasteiger partial charge in [0.25, 0.3) is 0 Å². The van der Waals surface area contributed by atoms with Gasteiger partial charge in [-0.3, -0.25) is 9.59 Å².